The quantitative estimate of drug-likeness (QED) is 0.685. The number of aryl methyl sites for hydroxylation is 1. The molecule has 0 aliphatic carbocycles. The predicted molar refractivity (Wildman–Crippen MR) is 84.0 cm³/mol. The number of fused-ring (bicyclic) bond motifs is 1. The monoisotopic (exact) mass is 319 g/mol. The Morgan fingerprint density at radius 2 is 2.05 bits per heavy atom. The zero-order chi connectivity index (χ0) is 15.7. The van der Waals surface area contributed by atoms with Crippen molar-refractivity contribution in [3.05, 3.63) is 34.8 Å². The van der Waals surface area contributed by atoms with Gasteiger partial charge in [-0.3, -0.25) is 4.57 Å². The van der Waals surface area contributed by atoms with Crippen molar-refractivity contribution in [1.82, 2.24) is 24.8 Å². The molecule has 2 aromatic heterocycles. The molecule has 0 aliphatic rings. The minimum atomic E-state index is -0.336. The van der Waals surface area contributed by atoms with Crippen molar-refractivity contribution >= 4 is 22.9 Å². The van der Waals surface area contributed by atoms with Gasteiger partial charge in [0.15, 0.2) is 5.58 Å². The maximum Gasteiger partial charge on any atom is 0.419 e. The Bertz CT molecular complexity index is 843. The molecule has 22 heavy (non-hydrogen) atoms. The lowest BCUT2D eigenvalue weighted by molar-refractivity contribution is 0.321. The van der Waals surface area contributed by atoms with Gasteiger partial charge < -0.3 is 4.42 Å². The summed E-state index contributed by atoms with van der Waals surface area (Å²) in [6, 6.07) is 7.41. The third-order valence-corrected chi connectivity index (χ3v) is 4.10. The van der Waals surface area contributed by atoms with Gasteiger partial charge in [-0.25, -0.2) is 9.48 Å². The second-order valence-electron chi connectivity index (χ2n) is 5.88. The van der Waals surface area contributed by atoms with E-state index in [0.29, 0.717) is 17.9 Å². The van der Waals surface area contributed by atoms with Crippen molar-refractivity contribution in [3.63, 3.8) is 0 Å². The van der Waals surface area contributed by atoms with Crippen LogP contribution in [-0.2, 0) is 12.1 Å². The smallest absolute Gasteiger partial charge is 0.408 e. The number of rotatable bonds is 4. The highest BCUT2D eigenvalue weighted by molar-refractivity contribution is 7.99. The molecule has 0 saturated heterocycles. The molecule has 2 heterocycles. The zero-order valence-electron chi connectivity index (χ0n) is 12.7. The fourth-order valence-corrected chi connectivity index (χ4v) is 3.13. The van der Waals surface area contributed by atoms with E-state index in [9.17, 15) is 4.79 Å². The highest BCUT2D eigenvalue weighted by Gasteiger charge is 2.20. The van der Waals surface area contributed by atoms with Crippen LogP contribution in [0.5, 0.6) is 0 Å². The van der Waals surface area contributed by atoms with E-state index in [1.54, 1.807) is 15.3 Å². The number of nitrogens with zero attached hydrogens (tertiary/aromatic N) is 5. The SMILES string of the molecule is CC(C)(C)n1nnnc1SCCn1c(=O)oc2ccccc21. The van der Waals surface area contributed by atoms with Crippen LogP contribution in [0.3, 0.4) is 0 Å². The Labute approximate surface area is 131 Å². The van der Waals surface area contributed by atoms with Gasteiger partial charge in [-0.2, -0.15) is 0 Å². The maximum atomic E-state index is 11.9. The van der Waals surface area contributed by atoms with Crippen molar-refractivity contribution in [2.45, 2.75) is 38.0 Å². The number of oxazole rings is 1. The summed E-state index contributed by atoms with van der Waals surface area (Å²) in [5.41, 5.74) is 1.24. The molecule has 3 rings (SSSR count). The van der Waals surface area contributed by atoms with Gasteiger partial charge in [-0.05, 0) is 43.3 Å². The number of para-hydroxylation sites is 2. The van der Waals surface area contributed by atoms with Gasteiger partial charge in [0.25, 0.3) is 0 Å². The molecule has 0 amide bonds. The van der Waals surface area contributed by atoms with Crippen LogP contribution in [0.4, 0.5) is 0 Å². The summed E-state index contributed by atoms with van der Waals surface area (Å²) in [5.74, 6) is 0.345. The zero-order valence-corrected chi connectivity index (χ0v) is 13.5. The van der Waals surface area contributed by atoms with E-state index in [1.165, 1.54) is 11.8 Å². The van der Waals surface area contributed by atoms with Gasteiger partial charge in [-0.15, -0.1) is 5.10 Å². The molecule has 0 atom stereocenters. The van der Waals surface area contributed by atoms with E-state index >= 15 is 0 Å². The average molecular weight is 319 g/mol. The number of aromatic nitrogens is 5. The summed E-state index contributed by atoms with van der Waals surface area (Å²) in [5, 5.41) is 12.5. The highest BCUT2D eigenvalue weighted by atomic mass is 32.2. The van der Waals surface area contributed by atoms with Crippen LogP contribution in [-0.4, -0.2) is 30.5 Å². The van der Waals surface area contributed by atoms with E-state index < -0.39 is 0 Å². The highest BCUT2D eigenvalue weighted by Crippen LogP contribution is 2.22. The number of tetrazole rings is 1. The van der Waals surface area contributed by atoms with Gasteiger partial charge >= 0.3 is 5.76 Å². The van der Waals surface area contributed by atoms with Crippen LogP contribution < -0.4 is 5.76 Å². The molecular formula is C14H17N5O2S. The first-order valence-corrected chi connectivity index (χ1v) is 7.95. The maximum absolute atomic E-state index is 11.9. The van der Waals surface area contributed by atoms with E-state index in [0.717, 1.165) is 10.7 Å². The topological polar surface area (TPSA) is 78.7 Å². The Morgan fingerprint density at radius 1 is 1.27 bits per heavy atom. The van der Waals surface area contributed by atoms with E-state index in [-0.39, 0.29) is 11.3 Å². The average Bonchev–Trinajstić information content (AvgIpc) is 3.03. The molecule has 3 aromatic rings. The predicted octanol–water partition coefficient (Wildman–Crippen LogP) is 2.13. The molecule has 0 saturated carbocycles. The fraction of sp³-hybridized carbons (Fsp3) is 0.429. The summed E-state index contributed by atoms with van der Waals surface area (Å²) >= 11 is 1.52. The molecule has 7 nitrogen and oxygen atoms in total. The van der Waals surface area contributed by atoms with Gasteiger partial charge in [0.1, 0.15) is 0 Å². The lowest BCUT2D eigenvalue weighted by atomic mass is 10.1. The molecule has 0 unspecified atom stereocenters. The fourth-order valence-electron chi connectivity index (χ4n) is 2.14. The van der Waals surface area contributed by atoms with Gasteiger partial charge in [-0.1, -0.05) is 23.9 Å². The Hall–Kier alpha value is -2.09. The van der Waals surface area contributed by atoms with Crippen molar-refractivity contribution in [2.24, 2.45) is 0 Å². The summed E-state index contributed by atoms with van der Waals surface area (Å²) in [4.78, 5) is 11.9. The second-order valence-corrected chi connectivity index (χ2v) is 6.94. The van der Waals surface area contributed by atoms with Crippen molar-refractivity contribution < 1.29 is 4.42 Å². The number of hydrogen-bond donors (Lipinski definition) is 0. The third kappa shape index (κ3) is 2.78. The Kier molecular flexibility index (Phi) is 3.78. The molecule has 0 aliphatic heterocycles. The van der Waals surface area contributed by atoms with Crippen molar-refractivity contribution in [3.8, 4) is 0 Å². The van der Waals surface area contributed by atoms with Crippen LogP contribution in [0.1, 0.15) is 20.8 Å². The summed E-state index contributed by atoms with van der Waals surface area (Å²) < 4.78 is 8.64. The molecule has 0 bridgehead atoms. The van der Waals surface area contributed by atoms with Crippen molar-refractivity contribution in [1.29, 1.82) is 0 Å². The molecule has 116 valence electrons. The molecule has 0 radical (unpaired) electrons. The second kappa shape index (κ2) is 5.60. The number of benzene rings is 1. The van der Waals surface area contributed by atoms with E-state index in [1.807, 2.05) is 39.0 Å². The number of hydrogen-bond acceptors (Lipinski definition) is 6. The lowest BCUT2D eigenvalue weighted by Gasteiger charge is -2.19. The largest absolute Gasteiger partial charge is 0.419 e. The van der Waals surface area contributed by atoms with Crippen LogP contribution in [0.2, 0.25) is 0 Å². The van der Waals surface area contributed by atoms with Crippen LogP contribution in [0, 0.1) is 0 Å². The first-order valence-electron chi connectivity index (χ1n) is 6.97. The molecule has 8 heteroatoms. The lowest BCUT2D eigenvalue weighted by Crippen LogP contribution is -2.24. The molecule has 1 aromatic carbocycles. The number of thioether (sulfide) groups is 1. The summed E-state index contributed by atoms with van der Waals surface area (Å²) in [6.45, 7) is 6.67. The van der Waals surface area contributed by atoms with Crippen molar-refractivity contribution in [2.75, 3.05) is 5.75 Å². The summed E-state index contributed by atoms with van der Waals surface area (Å²) in [7, 11) is 0. The Morgan fingerprint density at radius 3 is 2.82 bits per heavy atom. The minimum absolute atomic E-state index is 0.176. The van der Waals surface area contributed by atoms with Gasteiger partial charge in [0, 0.05) is 12.3 Å². The third-order valence-electron chi connectivity index (χ3n) is 3.20. The first-order chi connectivity index (χ1) is 10.5. The molecule has 0 spiro atoms. The normalized spacial score (nSPS) is 12.1. The van der Waals surface area contributed by atoms with E-state index in [4.69, 9.17) is 4.42 Å². The molecular weight excluding hydrogens is 302 g/mol. The van der Waals surface area contributed by atoms with E-state index in [2.05, 4.69) is 15.5 Å². The van der Waals surface area contributed by atoms with Gasteiger partial charge in [0.2, 0.25) is 5.16 Å². The molecule has 0 fully saturated rings. The minimum Gasteiger partial charge on any atom is -0.408 e. The first kappa shape index (κ1) is 14.8. The van der Waals surface area contributed by atoms with Gasteiger partial charge in [0.05, 0.1) is 11.1 Å². The molecule has 0 N–H and O–H groups in total. The standard InChI is InChI=1S/C14H17N5O2S/c1-14(2,3)19-12(15-16-17-19)22-9-8-18-10-6-4-5-7-11(10)21-13(18)20/h4-7H,8-9H2,1-3H3. The van der Waals surface area contributed by atoms with Crippen LogP contribution >= 0.6 is 11.8 Å². The Balaban J connectivity index is 1.75. The van der Waals surface area contributed by atoms with Crippen LogP contribution in [0.15, 0.2) is 38.6 Å². The summed E-state index contributed by atoms with van der Waals surface area (Å²) in [6.07, 6.45) is 0. The van der Waals surface area contributed by atoms with Crippen LogP contribution in [0.25, 0.3) is 11.1 Å².